The van der Waals surface area contributed by atoms with Crippen LogP contribution in [0.2, 0.25) is 0 Å². The Kier molecular flexibility index (Phi) is 5.03. The first-order valence-electron chi connectivity index (χ1n) is 8.07. The number of benzene rings is 1. The Bertz CT molecular complexity index is 801. The smallest absolute Gasteiger partial charge is 0.216 e. The summed E-state index contributed by atoms with van der Waals surface area (Å²) in [6, 6.07) is 7.47. The van der Waals surface area contributed by atoms with Gasteiger partial charge < -0.3 is 4.74 Å². The van der Waals surface area contributed by atoms with Crippen molar-refractivity contribution in [3.8, 4) is 0 Å². The average molecular weight is 349 g/mol. The van der Waals surface area contributed by atoms with E-state index in [-0.39, 0.29) is 17.9 Å². The summed E-state index contributed by atoms with van der Waals surface area (Å²) in [4.78, 5) is 0. The number of ether oxygens (including phenoxy) is 1. The Morgan fingerprint density at radius 1 is 1.42 bits per heavy atom. The van der Waals surface area contributed by atoms with Crippen molar-refractivity contribution in [2.45, 2.75) is 37.7 Å². The fraction of sp³-hybridized carbons (Fsp3) is 0.471. The molecule has 0 saturated carbocycles. The molecule has 2 atom stereocenters. The summed E-state index contributed by atoms with van der Waals surface area (Å²) in [7, 11) is -1.52. The molecule has 1 fully saturated rings. The Balaban J connectivity index is 1.64. The number of rotatable bonds is 5. The molecule has 1 aromatic heterocycles. The maximum Gasteiger partial charge on any atom is 0.216 e. The molecule has 0 aliphatic carbocycles. The summed E-state index contributed by atoms with van der Waals surface area (Å²) in [6.07, 6.45) is 4.88. The maximum atomic E-state index is 12.5. The molecule has 0 radical (unpaired) electrons. The molecule has 7 heteroatoms. The van der Waals surface area contributed by atoms with E-state index in [0.29, 0.717) is 19.4 Å². The highest BCUT2D eigenvalue weighted by Gasteiger charge is 2.28. The predicted octanol–water partition coefficient (Wildman–Crippen LogP) is 2.07. The highest BCUT2D eigenvalue weighted by atomic mass is 32.2. The number of hydrogen-bond donors (Lipinski definition) is 1. The molecule has 1 saturated heterocycles. The third-order valence-corrected chi connectivity index (χ3v) is 5.57. The summed E-state index contributed by atoms with van der Waals surface area (Å²) in [6.45, 7) is 2.50. The van der Waals surface area contributed by atoms with E-state index in [1.807, 2.05) is 44.4 Å². The van der Waals surface area contributed by atoms with E-state index in [2.05, 4.69) is 9.82 Å². The first-order valence-corrected chi connectivity index (χ1v) is 9.72. The topological polar surface area (TPSA) is 73.2 Å². The van der Waals surface area contributed by atoms with Crippen molar-refractivity contribution in [3.63, 3.8) is 0 Å². The molecule has 24 heavy (non-hydrogen) atoms. The van der Waals surface area contributed by atoms with Crippen LogP contribution in [-0.4, -0.2) is 30.8 Å². The second-order valence-electron chi connectivity index (χ2n) is 6.39. The van der Waals surface area contributed by atoms with Gasteiger partial charge in [-0.05, 0) is 25.3 Å². The third kappa shape index (κ3) is 4.43. The van der Waals surface area contributed by atoms with Gasteiger partial charge in [-0.2, -0.15) is 5.10 Å². The second kappa shape index (κ2) is 7.04. The number of sulfonamides is 1. The lowest BCUT2D eigenvalue weighted by Crippen LogP contribution is -2.40. The van der Waals surface area contributed by atoms with Crippen LogP contribution in [-0.2, 0) is 27.6 Å². The van der Waals surface area contributed by atoms with Crippen LogP contribution >= 0.6 is 0 Å². The SMILES string of the molecule is Cc1cccc(CS(=O)(=O)N[C@@H]2CCO[C@@H](c3cnn(C)c3)C2)c1. The largest absolute Gasteiger partial charge is 0.373 e. The van der Waals surface area contributed by atoms with Crippen molar-refractivity contribution in [2.75, 3.05) is 6.61 Å². The fourth-order valence-corrected chi connectivity index (χ4v) is 4.48. The summed E-state index contributed by atoms with van der Waals surface area (Å²) in [5.41, 5.74) is 2.85. The highest BCUT2D eigenvalue weighted by Crippen LogP contribution is 2.28. The van der Waals surface area contributed by atoms with Gasteiger partial charge in [0, 0.05) is 31.5 Å². The quantitative estimate of drug-likeness (QED) is 0.897. The van der Waals surface area contributed by atoms with E-state index < -0.39 is 10.0 Å². The molecule has 2 heterocycles. The van der Waals surface area contributed by atoms with E-state index in [1.54, 1.807) is 10.9 Å². The standard InChI is InChI=1S/C17H23N3O3S/c1-13-4-3-5-14(8-13)12-24(21,22)19-16-6-7-23-17(9-16)15-10-18-20(2)11-15/h3-5,8,10-11,16-17,19H,6-7,9,12H2,1-2H3/t16-,17-/m1/s1. The maximum absolute atomic E-state index is 12.5. The molecule has 2 aromatic rings. The molecule has 1 aromatic carbocycles. The molecule has 6 nitrogen and oxygen atoms in total. The van der Waals surface area contributed by atoms with Crippen LogP contribution in [0.1, 0.15) is 35.6 Å². The minimum absolute atomic E-state index is 0.00357. The zero-order valence-corrected chi connectivity index (χ0v) is 14.8. The van der Waals surface area contributed by atoms with Crippen molar-refractivity contribution in [3.05, 3.63) is 53.3 Å². The normalized spacial score (nSPS) is 21.8. The highest BCUT2D eigenvalue weighted by molar-refractivity contribution is 7.88. The van der Waals surface area contributed by atoms with Gasteiger partial charge in [-0.3, -0.25) is 4.68 Å². The third-order valence-electron chi connectivity index (χ3n) is 4.17. The minimum Gasteiger partial charge on any atom is -0.373 e. The van der Waals surface area contributed by atoms with E-state index in [4.69, 9.17) is 4.74 Å². The van der Waals surface area contributed by atoms with Gasteiger partial charge in [-0.15, -0.1) is 0 Å². The molecule has 1 aliphatic heterocycles. The first kappa shape index (κ1) is 17.1. The van der Waals surface area contributed by atoms with Gasteiger partial charge in [0.1, 0.15) is 0 Å². The van der Waals surface area contributed by atoms with Gasteiger partial charge in [-0.25, -0.2) is 13.1 Å². The van der Waals surface area contributed by atoms with Crippen molar-refractivity contribution in [2.24, 2.45) is 7.05 Å². The Morgan fingerprint density at radius 2 is 2.25 bits per heavy atom. The van der Waals surface area contributed by atoms with Gasteiger partial charge in [0.2, 0.25) is 10.0 Å². The molecule has 1 aliphatic rings. The van der Waals surface area contributed by atoms with Crippen LogP contribution in [0.4, 0.5) is 0 Å². The Labute approximate surface area is 142 Å². The van der Waals surface area contributed by atoms with Crippen LogP contribution in [0.3, 0.4) is 0 Å². The number of nitrogens with zero attached hydrogens (tertiary/aromatic N) is 2. The van der Waals surface area contributed by atoms with Crippen molar-refractivity contribution < 1.29 is 13.2 Å². The zero-order chi connectivity index (χ0) is 17.2. The lowest BCUT2D eigenvalue weighted by atomic mass is 10.0. The molecular weight excluding hydrogens is 326 g/mol. The van der Waals surface area contributed by atoms with Gasteiger partial charge in [0.15, 0.2) is 0 Å². The van der Waals surface area contributed by atoms with Gasteiger partial charge in [0.05, 0.1) is 18.1 Å². The van der Waals surface area contributed by atoms with E-state index in [9.17, 15) is 8.42 Å². The zero-order valence-electron chi connectivity index (χ0n) is 14.0. The average Bonchev–Trinajstić information content (AvgIpc) is 2.93. The molecule has 0 amide bonds. The van der Waals surface area contributed by atoms with E-state index >= 15 is 0 Å². The van der Waals surface area contributed by atoms with Crippen LogP contribution in [0.5, 0.6) is 0 Å². The lowest BCUT2D eigenvalue weighted by Gasteiger charge is -2.29. The summed E-state index contributed by atoms with van der Waals surface area (Å²) < 4.78 is 35.2. The number of aryl methyl sites for hydroxylation is 2. The number of hydrogen-bond acceptors (Lipinski definition) is 4. The van der Waals surface area contributed by atoms with Crippen molar-refractivity contribution in [1.29, 1.82) is 0 Å². The van der Waals surface area contributed by atoms with Crippen LogP contribution in [0, 0.1) is 6.92 Å². The molecule has 1 N–H and O–H groups in total. The van der Waals surface area contributed by atoms with Gasteiger partial charge in [-0.1, -0.05) is 29.8 Å². The summed E-state index contributed by atoms with van der Waals surface area (Å²) >= 11 is 0. The van der Waals surface area contributed by atoms with E-state index in [1.165, 1.54) is 0 Å². The van der Waals surface area contributed by atoms with Gasteiger partial charge >= 0.3 is 0 Å². The second-order valence-corrected chi connectivity index (χ2v) is 8.15. The molecule has 130 valence electrons. The molecule has 0 spiro atoms. The fourth-order valence-electron chi connectivity index (χ4n) is 3.06. The summed E-state index contributed by atoms with van der Waals surface area (Å²) in [5, 5.41) is 4.15. The van der Waals surface area contributed by atoms with E-state index in [0.717, 1.165) is 16.7 Å². The molecule has 0 bridgehead atoms. The van der Waals surface area contributed by atoms with Crippen LogP contribution in [0.15, 0.2) is 36.7 Å². The molecular formula is C17H23N3O3S. The van der Waals surface area contributed by atoms with Crippen molar-refractivity contribution in [1.82, 2.24) is 14.5 Å². The molecule has 0 unspecified atom stereocenters. The summed E-state index contributed by atoms with van der Waals surface area (Å²) in [5.74, 6) is 0.00357. The number of aromatic nitrogens is 2. The minimum atomic E-state index is -3.38. The van der Waals surface area contributed by atoms with Crippen LogP contribution in [0.25, 0.3) is 0 Å². The van der Waals surface area contributed by atoms with Crippen LogP contribution < -0.4 is 4.72 Å². The Morgan fingerprint density at radius 3 is 2.96 bits per heavy atom. The van der Waals surface area contributed by atoms with Crippen molar-refractivity contribution >= 4 is 10.0 Å². The first-order chi connectivity index (χ1) is 11.4. The lowest BCUT2D eigenvalue weighted by molar-refractivity contribution is 0.00400. The molecule has 3 rings (SSSR count). The monoisotopic (exact) mass is 349 g/mol. The predicted molar refractivity (Wildman–Crippen MR) is 91.9 cm³/mol. The van der Waals surface area contributed by atoms with Gasteiger partial charge in [0.25, 0.3) is 0 Å². The number of nitrogens with one attached hydrogen (secondary N) is 1. The Hall–Kier alpha value is -1.70.